The van der Waals surface area contributed by atoms with Gasteiger partial charge in [0.1, 0.15) is 5.76 Å². The molecule has 118 valence electrons. The number of carbonyl (C=O) groups is 1. The number of nitrogens with zero attached hydrogens (tertiary/aromatic N) is 1. The largest absolute Gasteiger partial charge is 0.467 e. The zero-order valence-corrected chi connectivity index (χ0v) is 13.8. The van der Waals surface area contributed by atoms with Crippen LogP contribution in [-0.2, 0) is 13.1 Å². The fraction of sp³-hybridized carbons (Fsp3) is 0.118. The highest BCUT2D eigenvalue weighted by Gasteiger charge is 2.16. The van der Waals surface area contributed by atoms with Crippen LogP contribution in [0.5, 0.6) is 0 Å². The number of nitrogens with one attached hydrogen (secondary N) is 1. The second-order valence-electron chi connectivity index (χ2n) is 4.95. The molecule has 0 radical (unpaired) electrons. The van der Waals surface area contributed by atoms with E-state index in [2.05, 4.69) is 5.32 Å². The molecule has 23 heavy (non-hydrogen) atoms. The molecule has 1 aromatic carbocycles. The molecule has 2 heterocycles. The number of hydrogen-bond donors (Lipinski definition) is 1. The van der Waals surface area contributed by atoms with E-state index < -0.39 is 0 Å². The minimum atomic E-state index is -0.183. The van der Waals surface area contributed by atoms with E-state index in [0.29, 0.717) is 23.8 Å². The number of benzene rings is 1. The van der Waals surface area contributed by atoms with Crippen molar-refractivity contribution in [3.05, 3.63) is 75.8 Å². The van der Waals surface area contributed by atoms with Crippen molar-refractivity contribution in [2.75, 3.05) is 5.32 Å². The Labute approximate surface area is 143 Å². The second kappa shape index (κ2) is 7.35. The van der Waals surface area contributed by atoms with E-state index in [1.165, 1.54) is 0 Å². The zero-order chi connectivity index (χ0) is 16.1. The summed E-state index contributed by atoms with van der Waals surface area (Å²) in [6.07, 6.45) is 1.61. The van der Waals surface area contributed by atoms with Crippen molar-refractivity contribution in [3.8, 4) is 0 Å². The molecule has 3 rings (SSSR count). The third kappa shape index (κ3) is 4.37. The molecule has 4 nitrogen and oxygen atoms in total. The standard InChI is InChI=1S/C17H15ClN2O2S/c18-13-5-7-14(8-6-13)19-17(21)20(11-15-3-1-9-22-15)12-16-4-2-10-23-16/h1-10H,11-12H2,(H,19,21). The summed E-state index contributed by atoms with van der Waals surface area (Å²) in [5, 5.41) is 5.52. The van der Waals surface area contributed by atoms with Crippen molar-refractivity contribution in [2.45, 2.75) is 13.1 Å². The molecule has 0 bridgehead atoms. The van der Waals surface area contributed by atoms with Gasteiger partial charge in [-0.1, -0.05) is 17.7 Å². The van der Waals surface area contributed by atoms with Crippen LogP contribution in [-0.4, -0.2) is 10.9 Å². The average Bonchev–Trinajstić information content (AvgIpc) is 3.22. The average molecular weight is 347 g/mol. The maximum atomic E-state index is 12.6. The molecule has 0 aliphatic rings. The summed E-state index contributed by atoms with van der Waals surface area (Å²) in [5.74, 6) is 0.743. The number of anilines is 1. The lowest BCUT2D eigenvalue weighted by Gasteiger charge is -2.21. The van der Waals surface area contributed by atoms with Crippen molar-refractivity contribution < 1.29 is 9.21 Å². The number of urea groups is 1. The van der Waals surface area contributed by atoms with Gasteiger partial charge in [0.2, 0.25) is 0 Å². The Balaban J connectivity index is 1.73. The Morgan fingerprint density at radius 3 is 2.61 bits per heavy atom. The van der Waals surface area contributed by atoms with Crippen LogP contribution in [0.3, 0.4) is 0 Å². The fourth-order valence-electron chi connectivity index (χ4n) is 2.12. The minimum Gasteiger partial charge on any atom is -0.467 e. The van der Waals surface area contributed by atoms with Crippen molar-refractivity contribution in [3.63, 3.8) is 0 Å². The summed E-state index contributed by atoms with van der Waals surface area (Å²) in [4.78, 5) is 15.4. The Bertz CT molecular complexity index is 703. The van der Waals surface area contributed by atoms with Gasteiger partial charge in [0.25, 0.3) is 0 Å². The van der Waals surface area contributed by atoms with Gasteiger partial charge in [-0.15, -0.1) is 11.3 Å². The number of thiophene rings is 1. The number of carbonyl (C=O) groups excluding carboxylic acids is 1. The van der Waals surface area contributed by atoms with Crippen LogP contribution in [0.1, 0.15) is 10.6 Å². The van der Waals surface area contributed by atoms with Crippen molar-refractivity contribution in [1.82, 2.24) is 4.90 Å². The smallest absolute Gasteiger partial charge is 0.322 e. The van der Waals surface area contributed by atoms with Crippen LogP contribution >= 0.6 is 22.9 Å². The molecule has 0 unspecified atom stereocenters. The molecule has 0 saturated carbocycles. The van der Waals surface area contributed by atoms with Crippen LogP contribution in [0.15, 0.2) is 64.6 Å². The molecule has 2 amide bonds. The third-order valence-corrected chi connectivity index (χ3v) is 4.35. The van der Waals surface area contributed by atoms with Gasteiger partial charge >= 0.3 is 6.03 Å². The van der Waals surface area contributed by atoms with Crippen LogP contribution in [0.25, 0.3) is 0 Å². The van der Waals surface area contributed by atoms with Crippen LogP contribution in [0, 0.1) is 0 Å². The first kappa shape index (κ1) is 15.6. The van der Waals surface area contributed by atoms with E-state index in [1.807, 2.05) is 29.6 Å². The fourth-order valence-corrected chi connectivity index (χ4v) is 2.96. The monoisotopic (exact) mass is 346 g/mol. The quantitative estimate of drug-likeness (QED) is 0.687. The lowest BCUT2D eigenvalue weighted by molar-refractivity contribution is 0.202. The highest BCUT2D eigenvalue weighted by Crippen LogP contribution is 2.18. The van der Waals surface area contributed by atoms with Crippen molar-refractivity contribution >= 4 is 34.7 Å². The highest BCUT2D eigenvalue weighted by atomic mass is 35.5. The molecule has 3 aromatic rings. The summed E-state index contributed by atoms with van der Waals surface area (Å²) >= 11 is 7.49. The summed E-state index contributed by atoms with van der Waals surface area (Å²) in [6, 6.07) is 14.5. The van der Waals surface area contributed by atoms with Crippen LogP contribution < -0.4 is 5.32 Å². The lowest BCUT2D eigenvalue weighted by atomic mass is 10.3. The van der Waals surface area contributed by atoms with E-state index in [-0.39, 0.29) is 6.03 Å². The van der Waals surface area contributed by atoms with Gasteiger partial charge in [-0.3, -0.25) is 0 Å². The number of hydrogen-bond acceptors (Lipinski definition) is 3. The molecule has 0 aliphatic carbocycles. The topological polar surface area (TPSA) is 45.5 Å². The molecular formula is C17H15ClN2O2S. The Morgan fingerprint density at radius 1 is 1.13 bits per heavy atom. The molecule has 0 atom stereocenters. The van der Waals surface area contributed by atoms with Gasteiger partial charge in [0.15, 0.2) is 0 Å². The molecule has 1 N–H and O–H groups in total. The molecule has 0 fully saturated rings. The van der Waals surface area contributed by atoms with E-state index in [0.717, 1.165) is 10.6 Å². The number of halogens is 1. The van der Waals surface area contributed by atoms with Crippen LogP contribution in [0.4, 0.5) is 10.5 Å². The molecule has 6 heteroatoms. The zero-order valence-electron chi connectivity index (χ0n) is 12.2. The molecule has 0 spiro atoms. The van der Waals surface area contributed by atoms with Gasteiger partial charge in [0.05, 0.1) is 19.4 Å². The van der Waals surface area contributed by atoms with Gasteiger partial charge in [-0.25, -0.2) is 4.79 Å². The van der Waals surface area contributed by atoms with Crippen molar-refractivity contribution in [1.29, 1.82) is 0 Å². The first-order chi connectivity index (χ1) is 11.2. The van der Waals surface area contributed by atoms with E-state index in [1.54, 1.807) is 46.8 Å². The summed E-state index contributed by atoms with van der Waals surface area (Å²) in [6.45, 7) is 0.933. The molecule has 2 aromatic heterocycles. The second-order valence-corrected chi connectivity index (χ2v) is 6.42. The van der Waals surface area contributed by atoms with E-state index in [9.17, 15) is 4.79 Å². The Morgan fingerprint density at radius 2 is 1.96 bits per heavy atom. The Kier molecular flexibility index (Phi) is 5.00. The normalized spacial score (nSPS) is 10.5. The lowest BCUT2D eigenvalue weighted by Crippen LogP contribution is -2.33. The predicted octanol–water partition coefficient (Wildman–Crippen LogP) is 5.23. The Hall–Kier alpha value is -2.24. The minimum absolute atomic E-state index is 0.183. The van der Waals surface area contributed by atoms with Crippen LogP contribution in [0.2, 0.25) is 5.02 Å². The summed E-state index contributed by atoms with van der Waals surface area (Å²) in [7, 11) is 0. The van der Waals surface area contributed by atoms with E-state index >= 15 is 0 Å². The molecular weight excluding hydrogens is 332 g/mol. The first-order valence-corrected chi connectivity index (χ1v) is 8.33. The maximum absolute atomic E-state index is 12.6. The number of furan rings is 1. The predicted molar refractivity (Wildman–Crippen MR) is 92.7 cm³/mol. The summed E-state index contributed by atoms with van der Waals surface area (Å²) < 4.78 is 5.36. The number of rotatable bonds is 5. The third-order valence-electron chi connectivity index (χ3n) is 3.24. The first-order valence-electron chi connectivity index (χ1n) is 7.07. The SMILES string of the molecule is O=C(Nc1ccc(Cl)cc1)N(Cc1ccco1)Cc1cccs1. The number of amides is 2. The highest BCUT2D eigenvalue weighted by molar-refractivity contribution is 7.09. The van der Waals surface area contributed by atoms with Crippen molar-refractivity contribution in [2.24, 2.45) is 0 Å². The summed E-state index contributed by atoms with van der Waals surface area (Å²) in [5.41, 5.74) is 0.704. The molecule has 0 saturated heterocycles. The molecule has 0 aliphatic heterocycles. The van der Waals surface area contributed by atoms with Gasteiger partial charge in [-0.2, -0.15) is 0 Å². The van der Waals surface area contributed by atoms with Gasteiger partial charge in [0, 0.05) is 15.6 Å². The van der Waals surface area contributed by atoms with Gasteiger partial charge in [-0.05, 0) is 47.8 Å². The van der Waals surface area contributed by atoms with Gasteiger partial charge < -0.3 is 14.6 Å². The van der Waals surface area contributed by atoms with E-state index in [4.69, 9.17) is 16.0 Å². The maximum Gasteiger partial charge on any atom is 0.322 e.